The van der Waals surface area contributed by atoms with Crippen molar-refractivity contribution in [3.63, 3.8) is 0 Å². The zero-order chi connectivity index (χ0) is 19.7. The standard InChI is InChI=1S/C22H23N5O.ClH/c1-14-11-15(13-23)3-5-18(14)17-4-6-20-19(12-17)21(26-25-20)24-22(28)16-7-9-27(2)10-8-16;/h3-6,11-12,16H,7-10H2,1-2H3,(H2,24,25,26,28);1H. The number of carbonyl (C=O) groups excluding carboxylic acids is 1. The Balaban J connectivity index is 0.00000240. The molecule has 6 nitrogen and oxygen atoms in total. The van der Waals surface area contributed by atoms with Gasteiger partial charge in [-0.15, -0.1) is 12.4 Å². The minimum absolute atomic E-state index is 0. The van der Waals surface area contributed by atoms with Gasteiger partial charge in [0.05, 0.1) is 17.1 Å². The van der Waals surface area contributed by atoms with Crippen LogP contribution in [0.4, 0.5) is 5.82 Å². The van der Waals surface area contributed by atoms with Gasteiger partial charge in [0.1, 0.15) is 0 Å². The van der Waals surface area contributed by atoms with E-state index in [9.17, 15) is 4.79 Å². The number of benzene rings is 2. The number of halogens is 1. The third kappa shape index (κ3) is 4.26. The Bertz CT molecular complexity index is 1080. The number of amides is 1. The first-order valence-electron chi connectivity index (χ1n) is 9.54. The lowest BCUT2D eigenvalue weighted by Crippen LogP contribution is -2.36. The predicted octanol–water partition coefficient (Wildman–Crippen LogP) is 4.11. The molecule has 1 aliphatic rings. The van der Waals surface area contributed by atoms with Crippen molar-refractivity contribution in [2.45, 2.75) is 19.8 Å². The number of nitrogens with zero attached hydrogens (tertiary/aromatic N) is 3. The van der Waals surface area contributed by atoms with Crippen molar-refractivity contribution in [1.29, 1.82) is 5.26 Å². The molecular weight excluding hydrogens is 386 g/mol. The Morgan fingerprint density at radius 2 is 2.00 bits per heavy atom. The average Bonchev–Trinajstić information content (AvgIpc) is 3.10. The second kappa shape index (κ2) is 8.64. The molecule has 2 N–H and O–H groups in total. The number of nitriles is 1. The summed E-state index contributed by atoms with van der Waals surface area (Å²) in [4.78, 5) is 14.9. The molecule has 1 saturated heterocycles. The van der Waals surface area contributed by atoms with Crippen LogP contribution in [0.2, 0.25) is 0 Å². The second-order valence-corrected chi connectivity index (χ2v) is 7.54. The van der Waals surface area contributed by atoms with Gasteiger partial charge in [0, 0.05) is 11.3 Å². The van der Waals surface area contributed by atoms with Crippen LogP contribution in [0.3, 0.4) is 0 Å². The zero-order valence-electron chi connectivity index (χ0n) is 16.5. The van der Waals surface area contributed by atoms with Crippen molar-refractivity contribution in [1.82, 2.24) is 15.1 Å². The molecule has 4 rings (SSSR count). The summed E-state index contributed by atoms with van der Waals surface area (Å²) in [7, 11) is 2.09. The highest BCUT2D eigenvalue weighted by Gasteiger charge is 2.24. The van der Waals surface area contributed by atoms with Gasteiger partial charge >= 0.3 is 0 Å². The number of anilines is 1. The monoisotopic (exact) mass is 409 g/mol. The van der Waals surface area contributed by atoms with Gasteiger partial charge in [0.15, 0.2) is 5.82 Å². The summed E-state index contributed by atoms with van der Waals surface area (Å²) in [6, 6.07) is 13.9. The van der Waals surface area contributed by atoms with E-state index in [-0.39, 0.29) is 24.2 Å². The molecule has 1 aromatic heterocycles. The molecule has 0 saturated carbocycles. The molecule has 29 heavy (non-hydrogen) atoms. The Labute approximate surface area is 176 Å². The van der Waals surface area contributed by atoms with Gasteiger partial charge in [-0.2, -0.15) is 10.4 Å². The highest BCUT2D eigenvalue weighted by atomic mass is 35.5. The van der Waals surface area contributed by atoms with Crippen molar-refractivity contribution in [3.05, 3.63) is 47.5 Å². The van der Waals surface area contributed by atoms with E-state index in [1.165, 1.54) is 0 Å². The first-order valence-corrected chi connectivity index (χ1v) is 9.54. The van der Waals surface area contributed by atoms with Gasteiger partial charge in [-0.1, -0.05) is 12.1 Å². The summed E-state index contributed by atoms with van der Waals surface area (Å²) in [5.74, 6) is 0.653. The second-order valence-electron chi connectivity index (χ2n) is 7.54. The lowest BCUT2D eigenvalue weighted by atomic mass is 9.96. The van der Waals surface area contributed by atoms with Crippen LogP contribution >= 0.6 is 12.4 Å². The van der Waals surface area contributed by atoms with E-state index < -0.39 is 0 Å². The number of rotatable bonds is 3. The number of piperidine rings is 1. The van der Waals surface area contributed by atoms with E-state index in [1.54, 1.807) is 0 Å². The normalized spacial score (nSPS) is 14.9. The number of aromatic nitrogens is 2. The number of H-pyrrole nitrogens is 1. The van der Waals surface area contributed by atoms with E-state index in [2.05, 4.69) is 33.5 Å². The van der Waals surface area contributed by atoms with E-state index in [4.69, 9.17) is 5.26 Å². The highest BCUT2D eigenvalue weighted by molar-refractivity contribution is 6.01. The Kier molecular flexibility index (Phi) is 6.21. The third-order valence-electron chi connectivity index (χ3n) is 5.56. The van der Waals surface area contributed by atoms with Crippen molar-refractivity contribution in [3.8, 4) is 17.2 Å². The fourth-order valence-electron chi connectivity index (χ4n) is 3.82. The van der Waals surface area contributed by atoms with Crippen LogP contribution in [0.25, 0.3) is 22.0 Å². The van der Waals surface area contributed by atoms with E-state index >= 15 is 0 Å². The van der Waals surface area contributed by atoms with Gasteiger partial charge < -0.3 is 10.2 Å². The molecule has 2 aromatic carbocycles. The van der Waals surface area contributed by atoms with E-state index in [0.29, 0.717) is 11.4 Å². The molecule has 1 fully saturated rings. The zero-order valence-corrected chi connectivity index (χ0v) is 17.3. The molecular formula is C22H24ClN5O. The molecule has 0 bridgehead atoms. The smallest absolute Gasteiger partial charge is 0.228 e. The Hall–Kier alpha value is -2.88. The highest BCUT2D eigenvalue weighted by Crippen LogP contribution is 2.30. The molecule has 0 unspecified atom stereocenters. The van der Waals surface area contributed by atoms with Crippen molar-refractivity contribution in [2.75, 3.05) is 25.5 Å². The number of likely N-dealkylation sites (tertiary alicyclic amines) is 1. The van der Waals surface area contributed by atoms with Gasteiger partial charge in [0.2, 0.25) is 5.91 Å². The van der Waals surface area contributed by atoms with Crippen molar-refractivity contribution in [2.24, 2.45) is 5.92 Å². The lowest BCUT2D eigenvalue weighted by Gasteiger charge is -2.27. The van der Waals surface area contributed by atoms with Crippen LogP contribution in [0.15, 0.2) is 36.4 Å². The van der Waals surface area contributed by atoms with Crippen LogP contribution in [0.5, 0.6) is 0 Å². The lowest BCUT2D eigenvalue weighted by molar-refractivity contribution is -0.121. The largest absolute Gasteiger partial charge is 0.308 e. The first-order chi connectivity index (χ1) is 13.5. The molecule has 3 aromatic rings. The predicted molar refractivity (Wildman–Crippen MR) is 117 cm³/mol. The topological polar surface area (TPSA) is 84.8 Å². The average molecular weight is 410 g/mol. The maximum atomic E-state index is 12.7. The fourth-order valence-corrected chi connectivity index (χ4v) is 3.82. The number of hydrogen-bond acceptors (Lipinski definition) is 4. The van der Waals surface area contributed by atoms with E-state index in [0.717, 1.165) is 53.5 Å². The number of aryl methyl sites for hydroxylation is 1. The van der Waals surface area contributed by atoms with Crippen LogP contribution in [-0.2, 0) is 4.79 Å². The summed E-state index contributed by atoms with van der Waals surface area (Å²) in [5.41, 5.74) is 4.67. The third-order valence-corrected chi connectivity index (χ3v) is 5.56. The van der Waals surface area contributed by atoms with Crippen molar-refractivity contribution >= 4 is 35.0 Å². The fraction of sp³-hybridized carbons (Fsp3) is 0.318. The number of hydrogen-bond donors (Lipinski definition) is 2. The van der Waals surface area contributed by atoms with Crippen LogP contribution in [-0.4, -0.2) is 41.1 Å². The van der Waals surface area contributed by atoms with Gasteiger partial charge in [-0.25, -0.2) is 0 Å². The first kappa shape index (κ1) is 20.8. The molecule has 0 radical (unpaired) electrons. The minimum atomic E-state index is 0. The molecule has 1 aliphatic heterocycles. The molecule has 7 heteroatoms. The number of carbonyl (C=O) groups is 1. The summed E-state index contributed by atoms with van der Waals surface area (Å²) in [5, 5.41) is 20.3. The minimum Gasteiger partial charge on any atom is -0.308 e. The summed E-state index contributed by atoms with van der Waals surface area (Å²) in [6.45, 7) is 3.89. The maximum absolute atomic E-state index is 12.7. The van der Waals surface area contributed by atoms with Gasteiger partial charge in [-0.05, 0) is 80.9 Å². The summed E-state index contributed by atoms with van der Waals surface area (Å²) >= 11 is 0. The van der Waals surface area contributed by atoms with Gasteiger partial charge in [-0.3, -0.25) is 9.89 Å². The van der Waals surface area contributed by atoms with Crippen LogP contribution < -0.4 is 5.32 Å². The number of aromatic amines is 1. The molecule has 0 atom stereocenters. The van der Waals surface area contributed by atoms with Crippen LogP contribution in [0.1, 0.15) is 24.0 Å². The van der Waals surface area contributed by atoms with E-state index in [1.807, 2.05) is 43.3 Å². The molecule has 0 spiro atoms. The summed E-state index contributed by atoms with van der Waals surface area (Å²) < 4.78 is 0. The molecule has 1 amide bonds. The quantitative estimate of drug-likeness (QED) is 0.681. The SMILES string of the molecule is Cc1cc(C#N)ccc1-c1ccc2[nH]nc(NC(=O)C3CCN(C)CC3)c2c1.Cl. The Morgan fingerprint density at radius 1 is 1.24 bits per heavy atom. The maximum Gasteiger partial charge on any atom is 0.228 e. The molecule has 150 valence electrons. The molecule has 2 heterocycles. The summed E-state index contributed by atoms with van der Waals surface area (Å²) in [6.07, 6.45) is 1.75. The van der Waals surface area contributed by atoms with Gasteiger partial charge in [0.25, 0.3) is 0 Å². The Morgan fingerprint density at radius 3 is 2.69 bits per heavy atom. The van der Waals surface area contributed by atoms with Crippen LogP contribution in [0, 0.1) is 24.2 Å². The van der Waals surface area contributed by atoms with Crippen molar-refractivity contribution < 1.29 is 4.79 Å². The number of nitrogens with one attached hydrogen (secondary N) is 2. The number of fused-ring (bicyclic) bond motifs is 1. The molecule has 0 aliphatic carbocycles.